The molecule has 0 radical (unpaired) electrons. The van der Waals surface area contributed by atoms with Crippen LogP contribution in [0.3, 0.4) is 0 Å². The van der Waals surface area contributed by atoms with Gasteiger partial charge < -0.3 is 10.6 Å². The molecule has 0 aliphatic carbocycles. The van der Waals surface area contributed by atoms with Crippen LogP contribution in [0.15, 0.2) is 65.5 Å². The molecular weight excluding hydrogens is 424 g/mol. The number of thiazole rings is 1. The van der Waals surface area contributed by atoms with Gasteiger partial charge in [-0.1, -0.05) is 61.1 Å². The first-order valence-electron chi connectivity index (χ1n) is 10.3. The number of nitrogens with one attached hydrogen (secondary N) is 2. The third-order valence-electron chi connectivity index (χ3n) is 4.93. The second kappa shape index (κ2) is 9.15. The van der Waals surface area contributed by atoms with Gasteiger partial charge in [0, 0.05) is 23.1 Å². The monoisotopic (exact) mass is 446 g/mol. The lowest BCUT2D eigenvalue weighted by Crippen LogP contribution is -2.25. The molecule has 0 bridgehead atoms. The van der Waals surface area contributed by atoms with Crippen molar-refractivity contribution in [2.75, 3.05) is 10.6 Å². The van der Waals surface area contributed by atoms with Gasteiger partial charge in [0.05, 0.1) is 0 Å². The number of aryl methyl sites for hydroxylation is 2. The summed E-state index contributed by atoms with van der Waals surface area (Å²) in [5, 5.41) is 5.63. The second-order valence-corrected chi connectivity index (χ2v) is 8.30. The van der Waals surface area contributed by atoms with Crippen LogP contribution in [0.25, 0.3) is 4.96 Å². The molecule has 8 heteroatoms. The maximum absolute atomic E-state index is 13.3. The summed E-state index contributed by atoms with van der Waals surface area (Å²) < 4.78 is 1.22. The van der Waals surface area contributed by atoms with Crippen LogP contribution in [0, 0.1) is 6.92 Å². The minimum absolute atomic E-state index is 0.0257. The van der Waals surface area contributed by atoms with Crippen molar-refractivity contribution >= 4 is 39.5 Å². The molecule has 2 heterocycles. The molecule has 0 saturated carbocycles. The first kappa shape index (κ1) is 21.5. The van der Waals surface area contributed by atoms with Gasteiger partial charge in [-0.3, -0.25) is 14.4 Å². The molecule has 7 nitrogen and oxygen atoms in total. The number of nitrogens with zero attached hydrogens (tertiary/aromatic N) is 2. The third-order valence-corrected chi connectivity index (χ3v) is 5.96. The Morgan fingerprint density at radius 1 is 1.00 bits per heavy atom. The maximum atomic E-state index is 13.3. The van der Waals surface area contributed by atoms with Crippen LogP contribution in [-0.4, -0.2) is 21.2 Å². The normalized spacial score (nSPS) is 10.8. The molecule has 0 unspecified atom stereocenters. The van der Waals surface area contributed by atoms with Gasteiger partial charge in [0.2, 0.25) is 0 Å². The Morgan fingerprint density at radius 2 is 1.72 bits per heavy atom. The van der Waals surface area contributed by atoms with Crippen LogP contribution < -0.4 is 16.2 Å². The Morgan fingerprint density at radius 3 is 2.44 bits per heavy atom. The molecule has 0 fully saturated rings. The summed E-state index contributed by atoms with van der Waals surface area (Å²) in [6.45, 7) is 3.87. The zero-order chi connectivity index (χ0) is 22.7. The minimum Gasteiger partial charge on any atom is -0.321 e. The fourth-order valence-electron chi connectivity index (χ4n) is 3.37. The topological polar surface area (TPSA) is 92.6 Å². The van der Waals surface area contributed by atoms with Gasteiger partial charge >= 0.3 is 0 Å². The lowest BCUT2D eigenvalue weighted by atomic mass is 10.2. The fraction of sp³-hybridized carbons (Fsp3) is 0.167. The Hall–Kier alpha value is -3.78. The number of fused-ring (bicyclic) bond motifs is 1. The van der Waals surface area contributed by atoms with Crippen LogP contribution >= 0.6 is 11.3 Å². The molecule has 162 valence electrons. The van der Waals surface area contributed by atoms with E-state index in [0.29, 0.717) is 28.5 Å². The quantitative estimate of drug-likeness (QED) is 0.455. The Kier molecular flexibility index (Phi) is 6.13. The summed E-state index contributed by atoms with van der Waals surface area (Å²) in [6.07, 6.45) is 1.47. The van der Waals surface area contributed by atoms with E-state index in [0.717, 1.165) is 23.3 Å². The van der Waals surface area contributed by atoms with E-state index in [9.17, 15) is 14.4 Å². The SMILES string of the molecule is CCCc1cc(=O)n2c(C(=O)Nc3ccccc3C)c(C(=O)Nc3ccccc3)sc2n1. The summed E-state index contributed by atoms with van der Waals surface area (Å²) in [7, 11) is 0. The predicted molar refractivity (Wildman–Crippen MR) is 127 cm³/mol. The summed E-state index contributed by atoms with van der Waals surface area (Å²) >= 11 is 1.03. The van der Waals surface area contributed by atoms with Gasteiger partial charge in [0.1, 0.15) is 10.6 Å². The number of hydrogen-bond donors (Lipinski definition) is 2. The standard InChI is InChI=1S/C24H22N4O3S/c1-3-9-17-14-19(29)28-20(22(30)27-18-13-8-7-10-15(18)2)21(32-24(28)26-17)23(31)25-16-11-5-4-6-12-16/h4-8,10-14H,3,9H2,1-2H3,(H,25,31)(H,27,30). The van der Waals surface area contributed by atoms with Crippen molar-refractivity contribution < 1.29 is 9.59 Å². The third kappa shape index (κ3) is 4.31. The van der Waals surface area contributed by atoms with E-state index in [1.54, 1.807) is 30.3 Å². The Bertz CT molecular complexity index is 1360. The van der Waals surface area contributed by atoms with E-state index in [2.05, 4.69) is 15.6 Å². The highest BCUT2D eigenvalue weighted by atomic mass is 32.1. The number of aromatic nitrogens is 2. The average Bonchev–Trinajstić information content (AvgIpc) is 3.17. The average molecular weight is 447 g/mol. The van der Waals surface area contributed by atoms with Crippen molar-refractivity contribution in [3.63, 3.8) is 0 Å². The van der Waals surface area contributed by atoms with Crippen LogP contribution in [-0.2, 0) is 6.42 Å². The highest BCUT2D eigenvalue weighted by molar-refractivity contribution is 7.19. The number of carbonyl (C=O) groups is 2. The summed E-state index contributed by atoms with van der Waals surface area (Å²) in [6, 6.07) is 17.7. The van der Waals surface area contributed by atoms with Crippen molar-refractivity contribution in [2.45, 2.75) is 26.7 Å². The number of anilines is 2. The first-order valence-corrected chi connectivity index (χ1v) is 11.1. The number of para-hydroxylation sites is 2. The summed E-state index contributed by atoms with van der Waals surface area (Å²) in [5.74, 6) is -1.02. The zero-order valence-electron chi connectivity index (χ0n) is 17.7. The second-order valence-electron chi connectivity index (χ2n) is 7.32. The van der Waals surface area contributed by atoms with Gasteiger partial charge in [-0.15, -0.1) is 0 Å². The summed E-state index contributed by atoms with van der Waals surface area (Å²) in [5.41, 5.74) is 2.29. The lowest BCUT2D eigenvalue weighted by Gasteiger charge is -2.10. The van der Waals surface area contributed by atoms with E-state index in [1.165, 1.54) is 10.5 Å². The van der Waals surface area contributed by atoms with E-state index in [1.807, 2.05) is 38.1 Å². The highest BCUT2D eigenvalue weighted by Gasteiger charge is 2.26. The van der Waals surface area contributed by atoms with Gasteiger partial charge in [-0.2, -0.15) is 0 Å². The highest BCUT2D eigenvalue weighted by Crippen LogP contribution is 2.25. The molecule has 2 aromatic carbocycles. The molecule has 0 aliphatic heterocycles. The van der Waals surface area contributed by atoms with E-state index in [4.69, 9.17) is 0 Å². The van der Waals surface area contributed by atoms with Crippen LogP contribution in [0.1, 0.15) is 44.8 Å². The molecule has 32 heavy (non-hydrogen) atoms. The Labute approximate surface area is 188 Å². The molecule has 4 aromatic rings. The van der Waals surface area contributed by atoms with E-state index in [-0.39, 0.29) is 16.1 Å². The van der Waals surface area contributed by atoms with Crippen molar-refractivity contribution in [3.05, 3.63) is 92.8 Å². The molecule has 2 aromatic heterocycles. The molecule has 2 amide bonds. The van der Waals surface area contributed by atoms with Crippen molar-refractivity contribution in [1.29, 1.82) is 0 Å². The molecule has 0 spiro atoms. The van der Waals surface area contributed by atoms with Gasteiger partial charge in [-0.25, -0.2) is 9.38 Å². The van der Waals surface area contributed by atoms with Gasteiger partial charge in [0.15, 0.2) is 4.96 Å². The first-order chi connectivity index (χ1) is 15.5. The van der Waals surface area contributed by atoms with Gasteiger partial charge in [-0.05, 0) is 37.1 Å². The van der Waals surface area contributed by atoms with Crippen molar-refractivity contribution in [3.8, 4) is 0 Å². The summed E-state index contributed by atoms with van der Waals surface area (Å²) in [4.78, 5) is 44.3. The van der Waals surface area contributed by atoms with Crippen LogP contribution in [0.2, 0.25) is 0 Å². The maximum Gasteiger partial charge on any atom is 0.274 e. The van der Waals surface area contributed by atoms with Crippen molar-refractivity contribution in [2.24, 2.45) is 0 Å². The molecule has 0 saturated heterocycles. The van der Waals surface area contributed by atoms with Crippen LogP contribution in [0.4, 0.5) is 11.4 Å². The zero-order valence-corrected chi connectivity index (χ0v) is 18.5. The number of benzene rings is 2. The number of hydrogen-bond acceptors (Lipinski definition) is 5. The number of amides is 2. The molecular formula is C24H22N4O3S. The molecule has 2 N–H and O–H groups in total. The largest absolute Gasteiger partial charge is 0.321 e. The van der Waals surface area contributed by atoms with E-state index >= 15 is 0 Å². The smallest absolute Gasteiger partial charge is 0.274 e. The lowest BCUT2D eigenvalue weighted by molar-refractivity contribution is 0.0989. The molecule has 0 aliphatic rings. The fourth-order valence-corrected chi connectivity index (χ4v) is 4.41. The number of carbonyl (C=O) groups excluding carboxylic acids is 2. The molecule has 4 rings (SSSR count). The van der Waals surface area contributed by atoms with E-state index < -0.39 is 11.8 Å². The minimum atomic E-state index is -0.545. The Balaban J connectivity index is 1.83. The molecule has 0 atom stereocenters. The van der Waals surface area contributed by atoms with Crippen LogP contribution in [0.5, 0.6) is 0 Å². The van der Waals surface area contributed by atoms with Crippen molar-refractivity contribution in [1.82, 2.24) is 9.38 Å². The predicted octanol–water partition coefficient (Wildman–Crippen LogP) is 4.52. The number of rotatable bonds is 6. The van der Waals surface area contributed by atoms with Gasteiger partial charge in [0.25, 0.3) is 17.4 Å².